The summed E-state index contributed by atoms with van der Waals surface area (Å²) in [6.07, 6.45) is 0. The first kappa shape index (κ1) is 17.8. The van der Waals surface area contributed by atoms with Gasteiger partial charge < -0.3 is 10.1 Å². The molecule has 2 aromatic heterocycles. The van der Waals surface area contributed by atoms with E-state index in [0.29, 0.717) is 17.3 Å². The molecule has 0 aliphatic rings. The molecule has 3 rings (SSSR count). The number of hydrogen-bond acceptors (Lipinski definition) is 6. The third-order valence-corrected chi connectivity index (χ3v) is 3.79. The zero-order valence-electron chi connectivity index (χ0n) is 14.2. The Labute approximate surface area is 154 Å². The third kappa shape index (κ3) is 4.15. The normalized spacial score (nSPS) is 10.7. The number of benzene rings is 1. The highest BCUT2D eigenvalue weighted by Crippen LogP contribution is 2.09. The Balaban J connectivity index is 1.55. The van der Waals surface area contributed by atoms with Gasteiger partial charge in [0.1, 0.15) is 0 Å². The Kier molecular flexibility index (Phi) is 5.13. The van der Waals surface area contributed by atoms with E-state index < -0.39 is 18.5 Å². The van der Waals surface area contributed by atoms with Gasteiger partial charge in [0.05, 0.1) is 0 Å². The van der Waals surface area contributed by atoms with E-state index >= 15 is 0 Å². The molecule has 9 heteroatoms. The summed E-state index contributed by atoms with van der Waals surface area (Å²) < 4.78 is 6.41. The number of esters is 1. The van der Waals surface area contributed by atoms with Gasteiger partial charge in [-0.3, -0.25) is 4.79 Å². The van der Waals surface area contributed by atoms with Gasteiger partial charge in [-0.15, -0.1) is 5.10 Å². The lowest BCUT2D eigenvalue weighted by atomic mass is 10.2. The van der Waals surface area contributed by atoms with Crippen molar-refractivity contribution in [2.75, 3.05) is 6.61 Å². The van der Waals surface area contributed by atoms with E-state index in [1.165, 1.54) is 4.52 Å². The van der Waals surface area contributed by atoms with Gasteiger partial charge in [-0.05, 0) is 37.6 Å². The van der Waals surface area contributed by atoms with E-state index in [0.717, 1.165) is 17.0 Å². The minimum Gasteiger partial charge on any atom is -0.450 e. The molecular weight excluding hydrogens is 358 g/mol. The van der Waals surface area contributed by atoms with Crippen LogP contribution in [0.2, 0.25) is 5.02 Å². The number of hydrogen-bond donors (Lipinski definition) is 1. The number of aromatic nitrogens is 4. The predicted octanol–water partition coefficient (Wildman–Crippen LogP) is 1.87. The van der Waals surface area contributed by atoms with Crippen LogP contribution in [0, 0.1) is 13.8 Å². The van der Waals surface area contributed by atoms with E-state index in [-0.39, 0.29) is 5.82 Å². The Hall–Kier alpha value is -3.00. The summed E-state index contributed by atoms with van der Waals surface area (Å²) in [4.78, 5) is 32.1. The lowest BCUT2D eigenvalue weighted by Gasteiger charge is -2.05. The zero-order chi connectivity index (χ0) is 18.7. The van der Waals surface area contributed by atoms with Crippen LogP contribution in [0.3, 0.4) is 0 Å². The predicted molar refractivity (Wildman–Crippen MR) is 93.8 cm³/mol. The second-order valence-corrected chi connectivity index (χ2v) is 6.10. The number of aryl methyl sites for hydroxylation is 2. The van der Waals surface area contributed by atoms with Crippen molar-refractivity contribution in [3.8, 4) is 0 Å². The molecule has 0 bridgehead atoms. The summed E-state index contributed by atoms with van der Waals surface area (Å²) in [6, 6.07) is 8.88. The van der Waals surface area contributed by atoms with Crippen molar-refractivity contribution >= 4 is 29.3 Å². The van der Waals surface area contributed by atoms with E-state index in [1.54, 1.807) is 24.3 Å². The van der Waals surface area contributed by atoms with Gasteiger partial charge in [-0.25, -0.2) is 14.3 Å². The van der Waals surface area contributed by atoms with E-state index in [1.807, 2.05) is 19.9 Å². The van der Waals surface area contributed by atoms with Crippen LogP contribution < -0.4 is 5.32 Å². The van der Waals surface area contributed by atoms with Crippen molar-refractivity contribution in [3.05, 3.63) is 58.1 Å². The Bertz CT molecular complexity index is 968. The van der Waals surface area contributed by atoms with Crippen molar-refractivity contribution in [1.82, 2.24) is 24.9 Å². The molecule has 8 nitrogen and oxygen atoms in total. The Morgan fingerprint density at radius 2 is 1.92 bits per heavy atom. The quantitative estimate of drug-likeness (QED) is 0.685. The fourth-order valence-electron chi connectivity index (χ4n) is 2.30. The number of nitrogens with zero attached hydrogens (tertiary/aromatic N) is 4. The van der Waals surface area contributed by atoms with Crippen LogP contribution in [-0.2, 0) is 16.1 Å². The molecule has 0 spiro atoms. The van der Waals surface area contributed by atoms with Crippen molar-refractivity contribution in [1.29, 1.82) is 0 Å². The number of ether oxygens (including phenoxy) is 1. The van der Waals surface area contributed by atoms with Gasteiger partial charge in [0.25, 0.3) is 17.5 Å². The minimum atomic E-state index is -0.783. The summed E-state index contributed by atoms with van der Waals surface area (Å²) in [7, 11) is 0. The average Bonchev–Trinajstić information content (AvgIpc) is 3.03. The summed E-state index contributed by atoms with van der Waals surface area (Å²) in [5.41, 5.74) is 2.44. The Morgan fingerprint density at radius 1 is 1.19 bits per heavy atom. The van der Waals surface area contributed by atoms with Crippen LogP contribution in [0.15, 0.2) is 30.3 Å². The van der Waals surface area contributed by atoms with Gasteiger partial charge in [-0.2, -0.15) is 4.98 Å². The molecule has 0 saturated heterocycles. The topological polar surface area (TPSA) is 98.5 Å². The first-order valence-electron chi connectivity index (χ1n) is 7.81. The van der Waals surface area contributed by atoms with Gasteiger partial charge in [0.2, 0.25) is 0 Å². The van der Waals surface area contributed by atoms with Crippen molar-refractivity contribution in [3.63, 3.8) is 0 Å². The van der Waals surface area contributed by atoms with Gasteiger partial charge in [0.15, 0.2) is 6.61 Å². The highest BCUT2D eigenvalue weighted by atomic mass is 35.5. The third-order valence-electron chi connectivity index (χ3n) is 3.54. The fraction of sp³-hybridized carbons (Fsp3) is 0.235. The molecule has 134 valence electrons. The monoisotopic (exact) mass is 373 g/mol. The largest absolute Gasteiger partial charge is 0.450 e. The number of nitrogens with one attached hydrogen (secondary N) is 1. The zero-order valence-corrected chi connectivity index (χ0v) is 14.9. The number of carbonyl (C=O) groups excluding carboxylic acids is 2. The number of amides is 1. The summed E-state index contributed by atoms with van der Waals surface area (Å²) in [5, 5.41) is 7.33. The second kappa shape index (κ2) is 7.49. The lowest BCUT2D eigenvalue weighted by molar-refractivity contribution is -0.124. The number of rotatable bonds is 5. The standard InChI is InChI=1S/C17H16ClN5O3/c1-10-7-11(2)23-17(20-10)21-15(22-23)16(25)26-9-14(24)19-8-12-3-5-13(18)6-4-12/h3-7H,8-9H2,1-2H3,(H,19,24). The molecule has 0 unspecified atom stereocenters. The Morgan fingerprint density at radius 3 is 2.65 bits per heavy atom. The van der Waals surface area contributed by atoms with Crippen molar-refractivity contribution in [2.45, 2.75) is 20.4 Å². The molecule has 0 atom stereocenters. The first-order valence-corrected chi connectivity index (χ1v) is 8.19. The maximum absolute atomic E-state index is 12.0. The minimum absolute atomic E-state index is 0.142. The molecule has 1 aromatic carbocycles. The van der Waals surface area contributed by atoms with Crippen LogP contribution in [-0.4, -0.2) is 38.1 Å². The van der Waals surface area contributed by atoms with Gasteiger partial charge in [0, 0.05) is 23.0 Å². The molecule has 0 radical (unpaired) electrons. The highest BCUT2D eigenvalue weighted by Gasteiger charge is 2.17. The second-order valence-electron chi connectivity index (χ2n) is 5.67. The smallest absolute Gasteiger partial charge is 0.378 e. The van der Waals surface area contributed by atoms with Gasteiger partial charge >= 0.3 is 5.97 Å². The highest BCUT2D eigenvalue weighted by molar-refractivity contribution is 6.30. The number of halogens is 1. The molecular formula is C17H16ClN5O3. The van der Waals surface area contributed by atoms with Crippen molar-refractivity contribution in [2.24, 2.45) is 0 Å². The molecule has 0 aliphatic carbocycles. The van der Waals surface area contributed by atoms with Crippen LogP contribution in [0.25, 0.3) is 5.78 Å². The molecule has 2 heterocycles. The molecule has 26 heavy (non-hydrogen) atoms. The SMILES string of the molecule is Cc1cc(C)n2nc(C(=O)OCC(=O)NCc3ccc(Cl)cc3)nc2n1. The molecule has 3 aromatic rings. The molecule has 0 saturated carbocycles. The summed E-state index contributed by atoms with van der Waals surface area (Å²) in [5.74, 6) is -1.05. The lowest BCUT2D eigenvalue weighted by Crippen LogP contribution is -2.28. The first-order chi connectivity index (χ1) is 12.4. The molecule has 0 aliphatic heterocycles. The summed E-state index contributed by atoms with van der Waals surface area (Å²) >= 11 is 5.80. The fourth-order valence-corrected chi connectivity index (χ4v) is 2.43. The van der Waals surface area contributed by atoms with Crippen LogP contribution in [0.5, 0.6) is 0 Å². The van der Waals surface area contributed by atoms with Crippen LogP contribution in [0.1, 0.15) is 27.6 Å². The van der Waals surface area contributed by atoms with Crippen LogP contribution >= 0.6 is 11.6 Å². The maximum Gasteiger partial charge on any atom is 0.378 e. The van der Waals surface area contributed by atoms with E-state index in [9.17, 15) is 9.59 Å². The van der Waals surface area contributed by atoms with Crippen LogP contribution in [0.4, 0.5) is 0 Å². The average molecular weight is 374 g/mol. The number of fused-ring (bicyclic) bond motifs is 1. The molecule has 1 N–H and O–H groups in total. The van der Waals surface area contributed by atoms with E-state index in [4.69, 9.17) is 16.3 Å². The maximum atomic E-state index is 12.0. The van der Waals surface area contributed by atoms with Gasteiger partial charge in [-0.1, -0.05) is 23.7 Å². The summed E-state index contributed by atoms with van der Waals surface area (Å²) in [6.45, 7) is 3.54. The number of carbonyl (C=O) groups is 2. The van der Waals surface area contributed by atoms with E-state index in [2.05, 4.69) is 20.4 Å². The molecule has 0 fully saturated rings. The van der Waals surface area contributed by atoms with Crippen molar-refractivity contribution < 1.29 is 14.3 Å². The molecule has 1 amide bonds.